The highest BCUT2D eigenvalue weighted by molar-refractivity contribution is 7.99. The zero-order valence-corrected chi connectivity index (χ0v) is 17.7. The van der Waals surface area contributed by atoms with E-state index in [0.717, 1.165) is 25.7 Å². The Bertz CT molecular complexity index is 1130. The van der Waals surface area contributed by atoms with Gasteiger partial charge in [-0.25, -0.2) is 4.98 Å². The Kier molecular flexibility index (Phi) is 7.63. The molecule has 0 bridgehead atoms. The Labute approximate surface area is 179 Å². The quantitative estimate of drug-likeness (QED) is 0.311. The molecule has 0 radical (unpaired) electrons. The van der Waals surface area contributed by atoms with Gasteiger partial charge in [-0.2, -0.15) is 5.26 Å². The lowest BCUT2D eigenvalue weighted by Gasteiger charge is -2.13. The number of nitrogens with one attached hydrogen (secondary N) is 1. The first-order valence-electron chi connectivity index (χ1n) is 10.0. The van der Waals surface area contributed by atoms with Crippen LogP contribution in [0.15, 0.2) is 58.5 Å². The van der Waals surface area contributed by atoms with Crippen molar-refractivity contribution < 1.29 is 4.79 Å². The summed E-state index contributed by atoms with van der Waals surface area (Å²) in [4.78, 5) is 30.1. The van der Waals surface area contributed by atoms with Crippen molar-refractivity contribution in [2.24, 2.45) is 0 Å². The molecule has 0 aliphatic rings. The highest BCUT2D eigenvalue weighted by Crippen LogP contribution is 2.19. The minimum absolute atomic E-state index is 0.0678. The molecule has 1 heterocycles. The van der Waals surface area contributed by atoms with Crippen LogP contribution < -0.4 is 10.9 Å². The van der Waals surface area contributed by atoms with Crippen LogP contribution in [0.25, 0.3) is 10.9 Å². The molecule has 30 heavy (non-hydrogen) atoms. The summed E-state index contributed by atoms with van der Waals surface area (Å²) in [6, 6.07) is 16.1. The van der Waals surface area contributed by atoms with E-state index in [4.69, 9.17) is 5.26 Å². The molecule has 1 aromatic heterocycles. The number of carbonyl (C=O) groups excluding carboxylic acids is 1. The van der Waals surface area contributed by atoms with Crippen LogP contribution in [0.1, 0.15) is 38.2 Å². The number of rotatable bonds is 9. The predicted octanol–water partition coefficient (Wildman–Crippen LogP) is 4.58. The van der Waals surface area contributed by atoms with Crippen LogP contribution in [0, 0.1) is 11.3 Å². The molecule has 0 fully saturated rings. The van der Waals surface area contributed by atoms with Crippen LogP contribution in [0.2, 0.25) is 0 Å². The molecule has 1 amide bonds. The Morgan fingerprint density at radius 1 is 1.17 bits per heavy atom. The summed E-state index contributed by atoms with van der Waals surface area (Å²) < 4.78 is 1.69. The Balaban J connectivity index is 1.77. The lowest BCUT2D eigenvalue weighted by molar-refractivity contribution is -0.113. The largest absolute Gasteiger partial charge is 0.325 e. The van der Waals surface area contributed by atoms with Crippen molar-refractivity contribution in [3.63, 3.8) is 0 Å². The first kappa shape index (κ1) is 21.6. The van der Waals surface area contributed by atoms with Gasteiger partial charge in [-0.05, 0) is 36.8 Å². The first-order valence-corrected chi connectivity index (χ1v) is 11.0. The SMILES string of the molecule is CCCCCCn1c(SCC(=O)Nc2cccc(C#N)c2)nc2ccccc2c1=O. The maximum absolute atomic E-state index is 13.0. The first-order chi connectivity index (χ1) is 14.6. The lowest BCUT2D eigenvalue weighted by Crippen LogP contribution is -2.24. The minimum atomic E-state index is -0.213. The molecule has 0 aliphatic heterocycles. The molecule has 154 valence electrons. The zero-order chi connectivity index (χ0) is 21.3. The number of unbranched alkanes of at least 4 members (excludes halogenated alkanes) is 3. The fraction of sp³-hybridized carbons (Fsp3) is 0.304. The summed E-state index contributed by atoms with van der Waals surface area (Å²) in [5.74, 6) is -0.0914. The molecule has 0 spiro atoms. The highest BCUT2D eigenvalue weighted by atomic mass is 32.2. The molecular weight excluding hydrogens is 396 g/mol. The fourth-order valence-electron chi connectivity index (χ4n) is 3.15. The summed E-state index contributed by atoms with van der Waals surface area (Å²) in [5.41, 5.74) is 1.62. The molecule has 0 saturated carbocycles. The number of carbonyl (C=O) groups is 1. The third kappa shape index (κ3) is 5.49. The van der Waals surface area contributed by atoms with Crippen LogP contribution in [0.3, 0.4) is 0 Å². The molecule has 7 heteroatoms. The topological polar surface area (TPSA) is 87.8 Å². The molecule has 1 N–H and O–H groups in total. The molecule has 0 saturated heterocycles. The van der Waals surface area contributed by atoms with Gasteiger partial charge in [0.15, 0.2) is 5.16 Å². The molecule has 0 aliphatic carbocycles. The smallest absolute Gasteiger partial charge is 0.262 e. The Hall–Kier alpha value is -3.11. The molecular formula is C23H24N4O2S. The summed E-state index contributed by atoms with van der Waals surface area (Å²) in [5, 5.41) is 12.9. The maximum atomic E-state index is 13.0. The molecule has 2 aromatic carbocycles. The van der Waals surface area contributed by atoms with E-state index in [0.29, 0.717) is 33.9 Å². The molecule has 6 nitrogen and oxygen atoms in total. The van der Waals surface area contributed by atoms with Gasteiger partial charge in [0.2, 0.25) is 5.91 Å². The van der Waals surface area contributed by atoms with E-state index in [1.54, 1.807) is 34.9 Å². The number of anilines is 1. The second-order valence-corrected chi connectivity index (χ2v) is 7.90. The van der Waals surface area contributed by atoms with Crippen molar-refractivity contribution >= 4 is 34.3 Å². The van der Waals surface area contributed by atoms with Crippen LogP contribution in [-0.2, 0) is 11.3 Å². The summed E-state index contributed by atoms with van der Waals surface area (Å²) in [6.07, 6.45) is 4.20. The number of hydrogen-bond donors (Lipinski definition) is 1. The van der Waals surface area contributed by atoms with Crippen LogP contribution in [0.5, 0.6) is 0 Å². The number of aromatic nitrogens is 2. The van der Waals surface area contributed by atoms with E-state index in [1.807, 2.05) is 18.2 Å². The molecule has 3 aromatic rings. The van der Waals surface area contributed by atoms with Gasteiger partial charge < -0.3 is 5.32 Å². The van der Waals surface area contributed by atoms with Gasteiger partial charge in [0.1, 0.15) is 0 Å². The van der Waals surface area contributed by atoms with E-state index >= 15 is 0 Å². The van der Waals surface area contributed by atoms with Crippen LogP contribution >= 0.6 is 11.8 Å². The Morgan fingerprint density at radius 3 is 2.80 bits per heavy atom. The average Bonchev–Trinajstić information content (AvgIpc) is 2.77. The van der Waals surface area contributed by atoms with Gasteiger partial charge in [-0.1, -0.05) is 56.1 Å². The minimum Gasteiger partial charge on any atom is -0.325 e. The number of nitrogens with zero attached hydrogens (tertiary/aromatic N) is 3. The molecule has 0 atom stereocenters. The lowest BCUT2D eigenvalue weighted by atomic mass is 10.2. The normalized spacial score (nSPS) is 10.7. The number of fused-ring (bicyclic) bond motifs is 1. The number of benzene rings is 2. The number of nitriles is 1. The number of amides is 1. The van der Waals surface area contributed by atoms with Gasteiger partial charge in [-0.3, -0.25) is 14.2 Å². The Morgan fingerprint density at radius 2 is 2.00 bits per heavy atom. The van der Waals surface area contributed by atoms with Crippen molar-refractivity contribution in [2.45, 2.75) is 44.3 Å². The number of thioether (sulfide) groups is 1. The van der Waals surface area contributed by atoms with Crippen molar-refractivity contribution in [1.82, 2.24) is 9.55 Å². The average molecular weight is 421 g/mol. The van der Waals surface area contributed by atoms with Crippen LogP contribution in [-0.4, -0.2) is 21.2 Å². The van der Waals surface area contributed by atoms with Crippen molar-refractivity contribution in [1.29, 1.82) is 5.26 Å². The maximum Gasteiger partial charge on any atom is 0.262 e. The third-order valence-electron chi connectivity index (χ3n) is 4.67. The summed E-state index contributed by atoms with van der Waals surface area (Å²) in [6.45, 7) is 2.74. The number of para-hydroxylation sites is 1. The van der Waals surface area contributed by atoms with Crippen molar-refractivity contribution in [3.8, 4) is 6.07 Å². The van der Waals surface area contributed by atoms with Gasteiger partial charge in [0.25, 0.3) is 5.56 Å². The standard InChI is InChI=1S/C23H24N4O2S/c1-2-3-4-7-13-27-22(29)19-11-5-6-12-20(19)26-23(27)30-16-21(28)25-18-10-8-9-17(14-18)15-24/h5-6,8-12,14H,2-4,7,13,16H2,1H3,(H,25,28). The second kappa shape index (κ2) is 10.6. The molecule has 3 rings (SSSR count). The van der Waals surface area contributed by atoms with Crippen LogP contribution in [0.4, 0.5) is 5.69 Å². The van der Waals surface area contributed by atoms with E-state index in [1.165, 1.54) is 11.8 Å². The van der Waals surface area contributed by atoms with E-state index in [9.17, 15) is 9.59 Å². The van der Waals surface area contributed by atoms with E-state index in [2.05, 4.69) is 23.3 Å². The van der Waals surface area contributed by atoms with Crippen molar-refractivity contribution in [3.05, 3.63) is 64.4 Å². The molecule has 0 unspecified atom stereocenters. The third-order valence-corrected chi connectivity index (χ3v) is 5.65. The zero-order valence-electron chi connectivity index (χ0n) is 16.9. The van der Waals surface area contributed by atoms with Gasteiger partial charge >= 0.3 is 0 Å². The predicted molar refractivity (Wildman–Crippen MR) is 121 cm³/mol. The second-order valence-electron chi connectivity index (χ2n) is 6.96. The van der Waals surface area contributed by atoms with Gasteiger partial charge in [0, 0.05) is 12.2 Å². The van der Waals surface area contributed by atoms with E-state index in [-0.39, 0.29) is 17.2 Å². The van der Waals surface area contributed by atoms with Crippen molar-refractivity contribution in [2.75, 3.05) is 11.1 Å². The van der Waals surface area contributed by atoms with Gasteiger partial charge in [0.05, 0.1) is 28.3 Å². The summed E-state index contributed by atoms with van der Waals surface area (Å²) >= 11 is 1.25. The summed E-state index contributed by atoms with van der Waals surface area (Å²) in [7, 11) is 0. The number of hydrogen-bond acceptors (Lipinski definition) is 5. The highest BCUT2D eigenvalue weighted by Gasteiger charge is 2.13. The monoisotopic (exact) mass is 420 g/mol. The fourth-order valence-corrected chi connectivity index (χ4v) is 3.97. The van der Waals surface area contributed by atoms with E-state index < -0.39 is 0 Å². The van der Waals surface area contributed by atoms with Gasteiger partial charge in [-0.15, -0.1) is 0 Å².